The molecule has 13 heavy (non-hydrogen) atoms. The summed E-state index contributed by atoms with van der Waals surface area (Å²) in [5.74, 6) is 0.679. The Morgan fingerprint density at radius 3 is 2.54 bits per heavy atom. The Balaban J connectivity index is 2.77. The lowest BCUT2D eigenvalue weighted by Crippen LogP contribution is -1.98. The first kappa shape index (κ1) is 10.9. The molecule has 0 nitrogen and oxygen atoms in total. The summed E-state index contributed by atoms with van der Waals surface area (Å²) >= 11 is 11.8. The standard InChI is InChI=1S/C11H14Cl2/c1-3-8(2)6-9-4-5-10(12)7-11(9)13/h4-5,7-8H,3,6H2,1-2H3/t8-/m0/s1. The molecular weight excluding hydrogens is 203 g/mol. The third-order valence-corrected chi connectivity index (χ3v) is 2.87. The smallest absolute Gasteiger partial charge is 0.0452 e. The van der Waals surface area contributed by atoms with Gasteiger partial charge in [0.25, 0.3) is 0 Å². The maximum Gasteiger partial charge on any atom is 0.0452 e. The van der Waals surface area contributed by atoms with Crippen LogP contribution >= 0.6 is 23.2 Å². The summed E-state index contributed by atoms with van der Waals surface area (Å²) in [6, 6.07) is 5.71. The van der Waals surface area contributed by atoms with Gasteiger partial charge in [-0.2, -0.15) is 0 Å². The molecule has 1 aromatic carbocycles. The van der Waals surface area contributed by atoms with E-state index in [9.17, 15) is 0 Å². The Bertz CT molecular complexity index is 281. The Morgan fingerprint density at radius 1 is 1.31 bits per heavy atom. The van der Waals surface area contributed by atoms with Crippen LogP contribution in [0.25, 0.3) is 0 Å². The maximum absolute atomic E-state index is 6.05. The molecule has 0 amide bonds. The minimum Gasteiger partial charge on any atom is -0.0843 e. The van der Waals surface area contributed by atoms with E-state index in [0.29, 0.717) is 10.9 Å². The second kappa shape index (κ2) is 4.88. The van der Waals surface area contributed by atoms with Crippen molar-refractivity contribution in [3.05, 3.63) is 33.8 Å². The van der Waals surface area contributed by atoms with Gasteiger partial charge in [-0.3, -0.25) is 0 Å². The average Bonchev–Trinajstić information content (AvgIpc) is 2.09. The lowest BCUT2D eigenvalue weighted by Gasteiger charge is -2.09. The van der Waals surface area contributed by atoms with Crippen LogP contribution in [0.2, 0.25) is 10.0 Å². The number of hydrogen-bond acceptors (Lipinski definition) is 0. The number of rotatable bonds is 3. The summed E-state index contributed by atoms with van der Waals surface area (Å²) in [7, 11) is 0. The van der Waals surface area contributed by atoms with E-state index in [4.69, 9.17) is 23.2 Å². The topological polar surface area (TPSA) is 0 Å². The van der Waals surface area contributed by atoms with E-state index in [-0.39, 0.29) is 0 Å². The molecule has 0 saturated heterocycles. The van der Waals surface area contributed by atoms with Crippen molar-refractivity contribution in [2.75, 3.05) is 0 Å². The average molecular weight is 217 g/mol. The van der Waals surface area contributed by atoms with Crippen LogP contribution in [0.3, 0.4) is 0 Å². The summed E-state index contributed by atoms with van der Waals surface area (Å²) < 4.78 is 0. The van der Waals surface area contributed by atoms with Crippen LogP contribution in [0.4, 0.5) is 0 Å². The molecule has 0 aliphatic heterocycles. The molecule has 0 bridgehead atoms. The van der Waals surface area contributed by atoms with Crippen molar-refractivity contribution < 1.29 is 0 Å². The molecule has 0 saturated carbocycles. The van der Waals surface area contributed by atoms with Gasteiger partial charge in [-0.25, -0.2) is 0 Å². The van der Waals surface area contributed by atoms with Crippen molar-refractivity contribution in [3.8, 4) is 0 Å². The van der Waals surface area contributed by atoms with E-state index >= 15 is 0 Å². The first-order valence-electron chi connectivity index (χ1n) is 4.57. The monoisotopic (exact) mass is 216 g/mol. The second-order valence-electron chi connectivity index (χ2n) is 3.45. The Kier molecular flexibility index (Phi) is 4.08. The molecule has 1 atom stereocenters. The van der Waals surface area contributed by atoms with E-state index in [2.05, 4.69) is 13.8 Å². The summed E-state index contributed by atoms with van der Waals surface area (Å²) in [5.41, 5.74) is 1.19. The van der Waals surface area contributed by atoms with Crippen LogP contribution < -0.4 is 0 Å². The SMILES string of the molecule is CC[C@H](C)Cc1ccc(Cl)cc1Cl. The number of benzene rings is 1. The van der Waals surface area contributed by atoms with Crippen LogP contribution in [0.5, 0.6) is 0 Å². The first-order valence-corrected chi connectivity index (χ1v) is 5.33. The molecule has 0 heterocycles. The lowest BCUT2D eigenvalue weighted by atomic mass is 9.99. The molecule has 0 fully saturated rings. The Labute approximate surface area is 89.9 Å². The largest absolute Gasteiger partial charge is 0.0843 e. The van der Waals surface area contributed by atoms with Gasteiger partial charge in [0.15, 0.2) is 0 Å². The van der Waals surface area contributed by atoms with Crippen molar-refractivity contribution >= 4 is 23.2 Å². The minimum absolute atomic E-state index is 0.679. The van der Waals surface area contributed by atoms with Crippen LogP contribution in [-0.4, -0.2) is 0 Å². The first-order chi connectivity index (χ1) is 6.13. The van der Waals surface area contributed by atoms with Gasteiger partial charge in [0, 0.05) is 10.0 Å². The molecule has 0 radical (unpaired) electrons. The van der Waals surface area contributed by atoms with Crippen LogP contribution in [0.1, 0.15) is 25.8 Å². The Hall–Kier alpha value is -0.200. The summed E-state index contributed by atoms with van der Waals surface area (Å²) in [6.07, 6.45) is 2.21. The van der Waals surface area contributed by atoms with Gasteiger partial charge in [0.05, 0.1) is 0 Å². The molecule has 1 rings (SSSR count). The highest BCUT2D eigenvalue weighted by atomic mass is 35.5. The molecule has 2 heteroatoms. The summed E-state index contributed by atoms with van der Waals surface area (Å²) in [6.45, 7) is 4.42. The molecule has 0 unspecified atom stereocenters. The highest BCUT2D eigenvalue weighted by Crippen LogP contribution is 2.23. The van der Waals surface area contributed by atoms with Gasteiger partial charge in [-0.05, 0) is 30.0 Å². The predicted molar refractivity (Wildman–Crippen MR) is 59.6 cm³/mol. The number of hydrogen-bond donors (Lipinski definition) is 0. The van der Waals surface area contributed by atoms with Gasteiger partial charge < -0.3 is 0 Å². The molecule has 0 aliphatic carbocycles. The van der Waals surface area contributed by atoms with Crippen molar-refractivity contribution in [2.45, 2.75) is 26.7 Å². The van der Waals surface area contributed by atoms with E-state index in [1.807, 2.05) is 12.1 Å². The predicted octanol–water partition coefficient (Wildman–Crippen LogP) is 4.58. The highest BCUT2D eigenvalue weighted by Gasteiger charge is 2.05. The van der Waals surface area contributed by atoms with E-state index in [0.717, 1.165) is 11.4 Å². The summed E-state index contributed by atoms with van der Waals surface area (Å²) in [4.78, 5) is 0. The zero-order valence-electron chi connectivity index (χ0n) is 7.98. The van der Waals surface area contributed by atoms with Gasteiger partial charge >= 0.3 is 0 Å². The third-order valence-electron chi connectivity index (χ3n) is 2.28. The quantitative estimate of drug-likeness (QED) is 0.694. The molecule has 0 aliphatic rings. The zero-order chi connectivity index (χ0) is 9.84. The van der Waals surface area contributed by atoms with Gasteiger partial charge in [-0.15, -0.1) is 0 Å². The van der Waals surface area contributed by atoms with E-state index in [1.54, 1.807) is 6.07 Å². The van der Waals surface area contributed by atoms with Crippen molar-refractivity contribution in [3.63, 3.8) is 0 Å². The highest BCUT2D eigenvalue weighted by molar-refractivity contribution is 6.35. The van der Waals surface area contributed by atoms with Gasteiger partial charge in [0.1, 0.15) is 0 Å². The lowest BCUT2D eigenvalue weighted by molar-refractivity contribution is 0.560. The minimum atomic E-state index is 0.679. The fourth-order valence-corrected chi connectivity index (χ4v) is 1.69. The molecule has 72 valence electrons. The van der Waals surface area contributed by atoms with Gasteiger partial charge in [0.2, 0.25) is 0 Å². The Morgan fingerprint density at radius 2 is 2.00 bits per heavy atom. The van der Waals surface area contributed by atoms with Crippen molar-refractivity contribution in [2.24, 2.45) is 5.92 Å². The zero-order valence-corrected chi connectivity index (χ0v) is 9.49. The molecule has 0 N–H and O–H groups in total. The van der Waals surface area contributed by atoms with Crippen LogP contribution in [0, 0.1) is 5.92 Å². The van der Waals surface area contributed by atoms with Crippen LogP contribution in [0.15, 0.2) is 18.2 Å². The molecule has 0 aromatic heterocycles. The fraction of sp³-hybridized carbons (Fsp3) is 0.455. The van der Waals surface area contributed by atoms with Crippen molar-refractivity contribution in [1.29, 1.82) is 0 Å². The number of halogens is 2. The third kappa shape index (κ3) is 3.21. The van der Waals surface area contributed by atoms with Crippen LogP contribution in [-0.2, 0) is 6.42 Å². The van der Waals surface area contributed by atoms with Crippen molar-refractivity contribution in [1.82, 2.24) is 0 Å². The molecule has 0 spiro atoms. The van der Waals surface area contributed by atoms with E-state index < -0.39 is 0 Å². The summed E-state index contributed by atoms with van der Waals surface area (Å²) in [5, 5.41) is 1.49. The normalized spacial score (nSPS) is 12.9. The second-order valence-corrected chi connectivity index (χ2v) is 4.30. The van der Waals surface area contributed by atoms with E-state index in [1.165, 1.54) is 12.0 Å². The molecule has 1 aromatic rings. The van der Waals surface area contributed by atoms with Gasteiger partial charge in [-0.1, -0.05) is 49.5 Å². The maximum atomic E-state index is 6.05. The fourth-order valence-electron chi connectivity index (χ4n) is 1.21. The molecular formula is C11H14Cl2.